The Labute approximate surface area is 116 Å². The average molecular weight is 292 g/mol. The number of carbonyl (C=O) groups is 3. The van der Waals surface area contributed by atoms with E-state index in [2.05, 4.69) is 10.6 Å². The van der Waals surface area contributed by atoms with Gasteiger partial charge in [0.05, 0.1) is 0 Å². The molecule has 110 valence electrons. The van der Waals surface area contributed by atoms with Crippen molar-refractivity contribution in [3.05, 3.63) is 0 Å². The molecule has 0 saturated heterocycles. The summed E-state index contributed by atoms with van der Waals surface area (Å²) in [7, 11) is 0. The van der Waals surface area contributed by atoms with Gasteiger partial charge in [0.25, 0.3) is 0 Å². The fourth-order valence-corrected chi connectivity index (χ4v) is 2.09. The predicted molar refractivity (Wildman–Crippen MR) is 72.4 cm³/mol. The lowest BCUT2D eigenvalue weighted by molar-refractivity contribution is -0.140. The lowest BCUT2D eigenvalue weighted by Crippen LogP contribution is -2.49. The van der Waals surface area contributed by atoms with E-state index in [1.165, 1.54) is 0 Å². The summed E-state index contributed by atoms with van der Waals surface area (Å²) in [6.07, 6.45) is 2.20. The van der Waals surface area contributed by atoms with E-state index in [9.17, 15) is 14.4 Å². The molecule has 0 saturated carbocycles. The topological polar surface area (TPSA) is 116 Å². The van der Waals surface area contributed by atoms with Gasteiger partial charge >= 0.3 is 18.0 Å². The largest absolute Gasteiger partial charge is 0.481 e. The van der Waals surface area contributed by atoms with E-state index in [1.54, 1.807) is 11.8 Å². The highest BCUT2D eigenvalue weighted by Gasteiger charge is 2.21. The highest BCUT2D eigenvalue weighted by atomic mass is 32.2. The number of thioether (sulfide) groups is 1. The van der Waals surface area contributed by atoms with Gasteiger partial charge in [-0.05, 0) is 19.1 Å². The Hall–Kier alpha value is -1.44. The predicted octanol–water partition coefficient (Wildman–Crippen LogP) is 0.745. The molecule has 7 nitrogen and oxygen atoms in total. The maximum Gasteiger partial charge on any atom is 0.326 e. The summed E-state index contributed by atoms with van der Waals surface area (Å²) in [5.41, 5.74) is 0. The van der Waals surface area contributed by atoms with E-state index in [-0.39, 0.29) is 18.9 Å². The van der Waals surface area contributed by atoms with Crippen molar-refractivity contribution in [3.8, 4) is 0 Å². The molecule has 0 aliphatic heterocycles. The van der Waals surface area contributed by atoms with Crippen LogP contribution in [0.2, 0.25) is 0 Å². The van der Waals surface area contributed by atoms with Crippen molar-refractivity contribution in [2.75, 3.05) is 12.0 Å². The minimum absolute atomic E-state index is 0.0380. The van der Waals surface area contributed by atoms with Gasteiger partial charge in [-0.25, -0.2) is 9.59 Å². The van der Waals surface area contributed by atoms with E-state index in [4.69, 9.17) is 10.2 Å². The first kappa shape index (κ1) is 17.6. The number of hydrogen-bond acceptors (Lipinski definition) is 4. The van der Waals surface area contributed by atoms with Crippen molar-refractivity contribution in [2.45, 2.75) is 38.3 Å². The fraction of sp³-hybridized carbons (Fsp3) is 0.727. The quantitative estimate of drug-likeness (QED) is 0.498. The van der Waals surface area contributed by atoms with Crippen LogP contribution in [0.25, 0.3) is 0 Å². The van der Waals surface area contributed by atoms with Gasteiger partial charge in [0.15, 0.2) is 0 Å². The summed E-state index contributed by atoms with van der Waals surface area (Å²) in [5, 5.41) is 22.3. The molecule has 0 aliphatic carbocycles. The van der Waals surface area contributed by atoms with Gasteiger partial charge < -0.3 is 20.8 Å². The van der Waals surface area contributed by atoms with Crippen LogP contribution in [0.4, 0.5) is 4.79 Å². The number of amides is 2. The lowest BCUT2D eigenvalue weighted by atomic mass is 10.1. The third kappa shape index (κ3) is 8.30. The first-order valence-corrected chi connectivity index (χ1v) is 7.30. The molecule has 0 bridgehead atoms. The minimum atomic E-state index is -1.24. The zero-order chi connectivity index (χ0) is 14.8. The lowest BCUT2D eigenvalue weighted by Gasteiger charge is -2.19. The smallest absolute Gasteiger partial charge is 0.326 e. The number of rotatable bonds is 9. The summed E-state index contributed by atoms with van der Waals surface area (Å²) in [6.45, 7) is 1.92. The van der Waals surface area contributed by atoms with Crippen molar-refractivity contribution in [1.82, 2.24) is 10.6 Å². The van der Waals surface area contributed by atoms with Crippen LogP contribution in [0.3, 0.4) is 0 Å². The molecule has 4 N–H and O–H groups in total. The molecule has 0 radical (unpaired) electrons. The molecule has 0 aromatic carbocycles. The van der Waals surface area contributed by atoms with Gasteiger partial charge in [-0.2, -0.15) is 11.8 Å². The van der Waals surface area contributed by atoms with Crippen LogP contribution < -0.4 is 10.6 Å². The molecular formula is C11H20N2O5S. The van der Waals surface area contributed by atoms with Crippen LogP contribution in [0.1, 0.15) is 26.2 Å². The van der Waals surface area contributed by atoms with E-state index >= 15 is 0 Å². The SMILES string of the molecule is CCC(CSC)NC(=O)N[C@@H](CCC(=O)O)C(=O)O. The zero-order valence-electron chi connectivity index (χ0n) is 11.0. The van der Waals surface area contributed by atoms with Crippen LogP contribution in [0.5, 0.6) is 0 Å². The third-order valence-electron chi connectivity index (χ3n) is 2.45. The summed E-state index contributed by atoms with van der Waals surface area (Å²) < 4.78 is 0. The molecule has 8 heteroatoms. The van der Waals surface area contributed by atoms with E-state index in [1.807, 2.05) is 13.2 Å². The van der Waals surface area contributed by atoms with Crippen molar-refractivity contribution < 1.29 is 24.6 Å². The fourth-order valence-electron chi connectivity index (χ4n) is 1.37. The molecule has 2 amide bonds. The Morgan fingerprint density at radius 1 is 1.21 bits per heavy atom. The number of carboxylic acid groups (broad SMARTS) is 2. The standard InChI is InChI=1S/C11H20N2O5S/c1-3-7(6-19-2)12-11(18)13-8(10(16)17)4-5-9(14)15/h7-8H,3-6H2,1-2H3,(H,14,15)(H,16,17)(H2,12,13,18)/t7?,8-/m0/s1. The normalized spacial score (nSPS) is 13.4. The first-order valence-electron chi connectivity index (χ1n) is 5.91. The highest BCUT2D eigenvalue weighted by molar-refractivity contribution is 7.98. The van der Waals surface area contributed by atoms with Gasteiger partial charge in [0.2, 0.25) is 0 Å². The van der Waals surface area contributed by atoms with Gasteiger partial charge in [0.1, 0.15) is 6.04 Å². The Bertz CT molecular complexity index is 324. The molecular weight excluding hydrogens is 272 g/mol. The Balaban J connectivity index is 4.30. The average Bonchev–Trinajstić information content (AvgIpc) is 2.33. The number of urea groups is 1. The maximum absolute atomic E-state index is 11.6. The number of carbonyl (C=O) groups excluding carboxylic acids is 1. The summed E-state index contributed by atoms with van der Waals surface area (Å²) >= 11 is 1.58. The zero-order valence-corrected chi connectivity index (χ0v) is 11.8. The van der Waals surface area contributed by atoms with Crippen LogP contribution in [-0.2, 0) is 9.59 Å². The molecule has 0 spiro atoms. The summed E-state index contributed by atoms with van der Waals surface area (Å²) in [5.74, 6) is -1.60. The van der Waals surface area contributed by atoms with E-state index in [0.29, 0.717) is 0 Å². The van der Waals surface area contributed by atoms with Crippen LogP contribution in [-0.4, -0.2) is 52.3 Å². The van der Waals surface area contributed by atoms with Crippen LogP contribution in [0, 0.1) is 0 Å². The molecule has 0 heterocycles. The molecule has 0 aliphatic rings. The van der Waals surface area contributed by atoms with Gasteiger partial charge in [-0.15, -0.1) is 0 Å². The molecule has 19 heavy (non-hydrogen) atoms. The number of aliphatic carboxylic acids is 2. The van der Waals surface area contributed by atoms with Gasteiger partial charge in [-0.3, -0.25) is 4.79 Å². The second-order valence-electron chi connectivity index (χ2n) is 4.00. The van der Waals surface area contributed by atoms with Crippen LogP contribution >= 0.6 is 11.8 Å². The van der Waals surface area contributed by atoms with Crippen molar-refractivity contribution >= 4 is 29.7 Å². The Kier molecular flexibility index (Phi) is 8.77. The second kappa shape index (κ2) is 9.48. The van der Waals surface area contributed by atoms with Crippen molar-refractivity contribution in [3.63, 3.8) is 0 Å². The summed E-state index contributed by atoms with van der Waals surface area (Å²) in [4.78, 5) is 32.9. The minimum Gasteiger partial charge on any atom is -0.481 e. The molecule has 1 unspecified atom stereocenters. The van der Waals surface area contributed by atoms with Gasteiger partial charge in [-0.1, -0.05) is 6.92 Å². The Morgan fingerprint density at radius 2 is 1.84 bits per heavy atom. The molecule has 0 aromatic rings. The molecule has 0 rings (SSSR count). The monoisotopic (exact) mass is 292 g/mol. The van der Waals surface area contributed by atoms with E-state index < -0.39 is 24.0 Å². The first-order chi connectivity index (χ1) is 8.90. The van der Waals surface area contributed by atoms with Crippen molar-refractivity contribution in [2.24, 2.45) is 0 Å². The molecule has 2 atom stereocenters. The number of nitrogens with one attached hydrogen (secondary N) is 2. The number of carboxylic acids is 2. The molecule has 0 aromatic heterocycles. The van der Waals surface area contributed by atoms with Gasteiger partial charge in [0, 0.05) is 18.2 Å². The number of hydrogen-bond donors (Lipinski definition) is 4. The Morgan fingerprint density at radius 3 is 2.26 bits per heavy atom. The molecule has 0 fully saturated rings. The third-order valence-corrected chi connectivity index (χ3v) is 3.18. The highest BCUT2D eigenvalue weighted by Crippen LogP contribution is 2.02. The van der Waals surface area contributed by atoms with Crippen LogP contribution in [0.15, 0.2) is 0 Å². The van der Waals surface area contributed by atoms with E-state index in [0.717, 1.165) is 12.2 Å². The maximum atomic E-state index is 11.6. The second-order valence-corrected chi connectivity index (χ2v) is 4.91. The van der Waals surface area contributed by atoms with Crippen molar-refractivity contribution in [1.29, 1.82) is 0 Å². The summed E-state index contributed by atoms with van der Waals surface area (Å²) in [6, 6.07) is -1.81.